The molecule has 0 spiro atoms. The van der Waals surface area contributed by atoms with E-state index in [-0.39, 0.29) is 5.91 Å². The summed E-state index contributed by atoms with van der Waals surface area (Å²) in [7, 11) is 1.93. The van der Waals surface area contributed by atoms with E-state index in [4.69, 9.17) is 16.3 Å². The topological polar surface area (TPSA) is 60.2 Å². The smallest absolute Gasteiger partial charge is 0.254 e. The fourth-order valence-corrected chi connectivity index (χ4v) is 3.54. The number of ether oxygens (including phenoxy) is 1. The Labute approximate surface area is 162 Å². The van der Waals surface area contributed by atoms with E-state index in [1.54, 1.807) is 36.7 Å². The SMILES string of the molecule is Cn1nc(COc2cccnc2)c2c1CCN(C(=O)c1cccc(Cl)c1)C2. The molecule has 0 bridgehead atoms. The zero-order valence-electron chi connectivity index (χ0n) is 14.9. The lowest BCUT2D eigenvalue weighted by atomic mass is 10.0. The maximum Gasteiger partial charge on any atom is 0.254 e. The van der Waals surface area contributed by atoms with Crippen LogP contribution in [0.2, 0.25) is 5.02 Å². The van der Waals surface area contributed by atoms with E-state index >= 15 is 0 Å². The van der Waals surface area contributed by atoms with Gasteiger partial charge in [-0.2, -0.15) is 5.10 Å². The van der Waals surface area contributed by atoms with Crippen molar-refractivity contribution < 1.29 is 9.53 Å². The number of halogens is 1. The van der Waals surface area contributed by atoms with Crippen LogP contribution in [0.3, 0.4) is 0 Å². The van der Waals surface area contributed by atoms with Gasteiger partial charge in [0.05, 0.1) is 6.20 Å². The molecule has 2 aromatic heterocycles. The molecule has 1 amide bonds. The van der Waals surface area contributed by atoms with Crippen LogP contribution in [-0.4, -0.2) is 32.1 Å². The van der Waals surface area contributed by atoms with E-state index in [1.807, 2.05) is 28.8 Å². The number of benzene rings is 1. The molecule has 3 heterocycles. The molecule has 7 heteroatoms. The van der Waals surface area contributed by atoms with Crippen molar-refractivity contribution in [3.63, 3.8) is 0 Å². The molecule has 0 saturated heterocycles. The third kappa shape index (κ3) is 3.66. The number of rotatable bonds is 4. The predicted molar refractivity (Wildman–Crippen MR) is 102 cm³/mol. The molecule has 0 unspecified atom stereocenters. The molecule has 3 aromatic rings. The van der Waals surface area contributed by atoms with Gasteiger partial charge in [0, 0.05) is 54.6 Å². The summed E-state index contributed by atoms with van der Waals surface area (Å²) in [6.07, 6.45) is 4.14. The quantitative estimate of drug-likeness (QED) is 0.695. The molecule has 0 aliphatic carbocycles. The third-order valence-electron chi connectivity index (χ3n) is 4.69. The van der Waals surface area contributed by atoms with Crippen LogP contribution in [0.5, 0.6) is 5.75 Å². The van der Waals surface area contributed by atoms with Gasteiger partial charge >= 0.3 is 0 Å². The summed E-state index contributed by atoms with van der Waals surface area (Å²) in [6.45, 7) is 1.51. The van der Waals surface area contributed by atoms with Gasteiger partial charge in [0.15, 0.2) is 0 Å². The largest absolute Gasteiger partial charge is 0.486 e. The van der Waals surface area contributed by atoms with Crippen LogP contribution in [0.15, 0.2) is 48.8 Å². The van der Waals surface area contributed by atoms with Crippen molar-refractivity contribution in [1.29, 1.82) is 0 Å². The van der Waals surface area contributed by atoms with E-state index in [0.29, 0.717) is 36.0 Å². The van der Waals surface area contributed by atoms with Crippen LogP contribution in [0.1, 0.15) is 27.3 Å². The van der Waals surface area contributed by atoms with Crippen LogP contribution in [0.25, 0.3) is 0 Å². The Bertz CT molecular complexity index is 971. The number of nitrogens with zero attached hydrogens (tertiary/aromatic N) is 4. The number of aromatic nitrogens is 3. The van der Waals surface area contributed by atoms with Gasteiger partial charge in [-0.25, -0.2) is 0 Å². The molecule has 6 nitrogen and oxygen atoms in total. The number of hydrogen-bond acceptors (Lipinski definition) is 4. The number of aryl methyl sites for hydroxylation is 1. The minimum Gasteiger partial charge on any atom is -0.486 e. The molecule has 0 atom stereocenters. The first-order chi connectivity index (χ1) is 13.1. The lowest BCUT2D eigenvalue weighted by Crippen LogP contribution is -2.36. The fourth-order valence-electron chi connectivity index (χ4n) is 3.35. The van der Waals surface area contributed by atoms with Crippen molar-refractivity contribution in [2.75, 3.05) is 6.54 Å². The first-order valence-electron chi connectivity index (χ1n) is 8.73. The summed E-state index contributed by atoms with van der Waals surface area (Å²) in [4.78, 5) is 18.7. The summed E-state index contributed by atoms with van der Waals surface area (Å²) >= 11 is 6.03. The highest BCUT2D eigenvalue weighted by Gasteiger charge is 2.27. The number of fused-ring (bicyclic) bond motifs is 1. The maximum absolute atomic E-state index is 12.9. The van der Waals surface area contributed by atoms with Crippen LogP contribution in [0.4, 0.5) is 0 Å². The van der Waals surface area contributed by atoms with Gasteiger partial charge in [-0.3, -0.25) is 14.5 Å². The second kappa shape index (κ2) is 7.40. The highest BCUT2D eigenvalue weighted by molar-refractivity contribution is 6.30. The van der Waals surface area contributed by atoms with Crippen molar-refractivity contribution in [3.8, 4) is 5.75 Å². The maximum atomic E-state index is 12.9. The van der Waals surface area contributed by atoms with Crippen LogP contribution >= 0.6 is 11.6 Å². The van der Waals surface area contributed by atoms with Gasteiger partial charge in [-0.05, 0) is 30.3 Å². The molecule has 138 valence electrons. The summed E-state index contributed by atoms with van der Waals surface area (Å²) in [5.74, 6) is 0.672. The summed E-state index contributed by atoms with van der Waals surface area (Å²) in [5, 5.41) is 5.16. The second-order valence-corrected chi connectivity index (χ2v) is 6.90. The fraction of sp³-hybridized carbons (Fsp3) is 0.250. The van der Waals surface area contributed by atoms with Crippen molar-refractivity contribution in [2.45, 2.75) is 19.6 Å². The number of carbonyl (C=O) groups excluding carboxylic acids is 1. The Balaban J connectivity index is 1.53. The number of pyridine rings is 1. The molecule has 0 saturated carbocycles. The molecule has 1 aliphatic rings. The van der Waals surface area contributed by atoms with Crippen molar-refractivity contribution in [1.82, 2.24) is 19.7 Å². The van der Waals surface area contributed by atoms with Gasteiger partial charge in [0.25, 0.3) is 5.91 Å². The Morgan fingerprint density at radius 1 is 1.30 bits per heavy atom. The van der Waals surface area contributed by atoms with E-state index in [1.165, 1.54) is 0 Å². The first kappa shape index (κ1) is 17.5. The second-order valence-electron chi connectivity index (χ2n) is 6.46. The summed E-state index contributed by atoms with van der Waals surface area (Å²) < 4.78 is 7.70. The molecule has 4 rings (SSSR count). The third-order valence-corrected chi connectivity index (χ3v) is 4.93. The monoisotopic (exact) mass is 382 g/mol. The lowest BCUT2D eigenvalue weighted by molar-refractivity contribution is 0.0732. The Morgan fingerprint density at radius 3 is 2.96 bits per heavy atom. The van der Waals surface area contributed by atoms with Crippen LogP contribution in [-0.2, 0) is 26.6 Å². The molecular formula is C20H19ClN4O2. The number of amides is 1. The zero-order chi connectivity index (χ0) is 18.8. The van der Waals surface area contributed by atoms with Crippen molar-refractivity contribution in [3.05, 3.63) is 76.3 Å². The molecular weight excluding hydrogens is 364 g/mol. The van der Waals surface area contributed by atoms with E-state index < -0.39 is 0 Å². The highest BCUT2D eigenvalue weighted by Crippen LogP contribution is 2.25. The standard InChI is InChI=1S/C20H19ClN4O2/c1-24-19-7-9-25(20(26)14-4-2-5-15(21)10-14)12-17(19)18(23-24)13-27-16-6-3-8-22-11-16/h2-6,8,10-11H,7,9,12-13H2,1H3. The van der Waals surface area contributed by atoms with Crippen LogP contribution in [0, 0.1) is 0 Å². The van der Waals surface area contributed by atoms with Crippen LogP contribution < -0.4 is 4.74 Å². The number of carbonyl (C=O) groups is 1. The molecule has 27 heavy (non-hydrogen) atoms. The summed E-state index contributed by atoms with van der Waals surface area (Å²) in [5.41, 5.74) is 3.65. The van der Waals surface area contributed by atoms with E-state index in [2.05, 4.69) is 10.1 Å². The van der Waals surface area contributed by atoms with E-state index in [0.717, 1.165) is 23.4 Å². The van der Waals surface area contributed by atoms with Gasteiger partial charge in [-0.1, -0.05) is 17.7 Å². The lowest BCUT2D eigenvalue weighted by Gasteiger charge is -2.28. The Kier molecular flexibility index (Phi) is 4.81. The van der Waals surface area contributed by atoms with Gasteiger partial charge in [0.2, 0.25) is 0 Å². The molecule has 0 N–H and O–H groups in total. The van der Waals surface area contributed by atoms with Gasteiger partial charge in [-0.15, -0.1) is 0 Å². The van der Waals surface area contributed by atoms with Crippen molar-refractivity contribution in [2.24, 2.45) is 7.05 Å². The molecule has 1 aromatic carbocycles. The normalized spacial score (nSPS) is 13.3. The Hall–Kier alpha value is -2.86. The average Bonchev–Trinajstić information content (AvgIpc) is 3.02. The van der Waals surface area contributed by atoms with Crippen molar-refractivity contribution >= 4 is 17.5 Å². The summed E-state index contributed by atoms with van der Waals surface area (Å²) in [6, 6.07) is 10.7. The molecule has 0 radical (unpaired) electrons. The molecule has 1 aliphatic heterocycles. The minimum atomic E-state index is -0.0221. The number of hydrogen-bond donors (Lipinski definition) is 0. The minimum absolute atomic E-state index is 0.0221. The van der Waals surface area contributed by atoms with Gasteiger partial charge < -0.3 is 9.64 Å². The first-order valence-corrected chi connectivity index (χ1v) is 9.11. The zero-order valence-corrected chi connectivity index (χ0v) is 15.7. The van der Waals surface area contributed by atoms with Gasteiger partial charge in [0.1, 0.15) is 18.1 Å². The predicted octanol–water partition coefficient (Wildman–Crippen LogP) is 3.25. The highest BCUT2D eigenvalue weighted by atomic mass is 35.5. The average molecular weight is 383 g/mol. The molecule has 0 fully saturated rings. The van der Waals surface area contributed by atoms with E-state index in [9.17, 15) is 4.79 Å². The Morgan fingerprint density at radius 2 is 2.19 bits per heavy atom.